The van der Waals surface area contributed by atoms with E-state index in [9.17, 15) is 5.11 Å². The number of benzene rings is 1. The first-order valence-electron chi connectivity index (χ1n) is 7.67. The fourth-order valence-corrected chi connectivity index (χ4v) is 3.24. The average Bonchev–Trinajstić information content (AvgIpc) is 3.28. The molecule has 3 rings (SSSR count). The van der Waals surface area contributed by atoms with Crippen LogP contribution >= 0.6 is 11.6 Å². The number of halogens is 1. The van der Waals surface area contributed by atoms with Crippen molar-refractivity contribution >= 4 is 11.6 Å². The van der Waals surface area contributed by atoms with Gasteiger partial charge >= 0.3 is 0 Å². The first-order valence-corrected chi connectivity index (χ1v) is 8.05. The van der Waals surface area contributed by atoms with Crippen molar-refractivity contribution in [2.24, 2.45) is 0 Å². The quantitative estimate of drug-likeness (QED) is 0.876. The fourth-order valence-electron chi connectivity index (χ4n) is 3.04. The summed E-state index contributed by atoms with van der Waals surface area (Å²) in [6.07, 6.45) is 6.47. The molecule has 1 aromatic rings. The number of hydrogen-bond acceptors (Lipinski definition) is 3. The van der Waals surface area contributed by atoms with E-state index >= 15 is 0 Å². The zero-order valence-corrected chi connectivity index (χ0v) is 12.6. The average molecular weight is 295 g/mol. The lowest BCUT2D eigenvalue weighted by atomic mass is 10.0. The summed E-state index contributed by atoms with van der Waals surface area (Å²) in [6.45, 7) is 3.03. The van der Waals surface area contributed by atoms with E-state index in [-0.39, 0.29) is 0 Å². The number of phenolic OH excluding ortho intramolecular Hbond substituents is 1. The maximum Gasteiger partial charge on any atom is 0.120 e. The molecule has 110 valence electrons. The number of piperidine rings is 1. The summed E-state index contributed by atoms with van der Waals surface area (Å²) >= 11 is 6.05. The summed E-state index contributed by atoms with van der Waals surface area (Å²) in [5.41, 5.74) is 0.945. The van der Waals surface area contributed by atoms with Crippen LogP contribution in [0.1, 0.15) is 37.7 Å². The molecule has 2 fully saturated rings. The highest BCUT2D eigenvalue weighted by molar-refractivity contribution is 6.30. The van der Waals surface area contributed by atoms with Crippen LogP contribution in [0.4, 0.5) is 0 Å². The molecule has 3 nitrogen and oxygen atoms in total. The SMILES string of the molecule is Oc1ccc(Cl)cc1CN(CC1CCCCN1)C1CC1. The van der Waals surface area contributed by atoms with Crippen molar-refractivity contribution in [3.8, 4) is 5.75 Å². The molecule has 1 aliphatic carbocycles. The van der Waals surface area contributed by atoms with Gasteiger partial charge in [0.1, 0.15) is 5.75 Å². The van der Waals surface area contributed by atoms with Crippen molar-refractivity contribution in [2.75, 3.05) is 13.1 Å². The van der Waals surface area contributed by atoms with Crippen LogP contribution in [0.25, 0.3) is 0 Å². The molecule has 0 spiro atoms. The summed E-state index contributed by atoms with van der Waals surface area (Å²) in [5, 5.41) is 14.3. The van der Waals surface area contributed by atoms with Crippen molar-refractivity contribution in [3.05, 3.63) is 28.8 Å². The molecule has 1 saturated carbocycles. The second-order valence-electron chi connectivity index (χ2n) is 6.08. The Labute approximate surface area is 125 Å². The van der Waals surface area contributed by atoms with Crippen molar-refractivity contribution in [1.82, 2.24) is 10.2 Å². The Morgan fingerprint density at radius 1 is 1.25 bits per heavy atom. The van der Waals surface area contributed by atoms with Crippen LogP contribution in [0.5, 0.6) is 5.75 Å². The van der Waals surface area contributed by atoms with Gasteiger partial charge < -0.3 is 10.4 Å². The molecule has 1 aliphatic heterocycles. The van der Waals surface area contributed by atoms with Gasteiger partial charge in [0.05, 0.1) is 0 Å². The molecule has 1 heterocycles. The van der Waals surface area contributed by atoms with Gasteiger partial charge in [0.25, 0.3) is 0 Å². The Balaban J connectivity index is 1.66. The molecule has 0 aromatic heterocycles. The Bertz CT molecular complexity index is 456. The van der Waals surface area contributed by atoms with E-state index < -0.39 is 0 Å². The van der Waals surface area contributed by atoms with Crippen LogP contribution in [0, 0.1) is 0 Å². The van der Waals surface area contributed by atoms with E-state index in [1.807, 2.05) is 6.07 Å². The van der Waals surface area contributed by atoms with Crippen LogP contribution in [0.3, 0.4) is 0 Å². The van der Waals surface area contributed by atoms with Gasteiger partial charge in [-0.1, -0.05) is 18.0 Å². The van der Waals surface area contributed by atoms with Gasteiger partial charge in [-0.05, 0) is 50.4 Å². The molecule has 1 aromatic carbocycles. The minimum absolute atomic E-state index is 0.358. The number of nitrogens with zero attached hydrogens (tertiary/aromatic N) is 1. The summed E-state index contributed by atoms with van der Waals surface area (Å²) in [7, 11) is 0. The Kier molecular flexibility index (Phi) is 4.49. The van der Waals surface area contributed by atoms with Gasteiger partial charge in [-0.2, -0.15) is 0 Å². The van der Waals surface area contributed by atoms with Gasteiger partial charge in [-0.25, -0.2) is 0 Å². The molecule has 2 aliphatic rings. The van der Waals surface area contributed by atoms with E-state index in [0.29, 0.717) is 22.9 Å². The number of rotatable bonds is 5. The summed E-state index contributed by atoms with van der Waals surface area (Å²) in [4.78, 5) is 2.51. The van der Waals surface area contributed by atoms with Gasteiger partial charge in [0.2, 0.25) is 0 Å². The van der Waals surface area contributed by atoms with Crippen LogP contribution in [0.2, 0.25) is 5.02 Å². The van der Waals surface area contributed by atoms with Gasteiger partial charge in [-0.15, -0.1) is 0 Å². The molecule has 4 heteroatoms. The van der Waals surface area contributed by atoms with Crippen LogP contribution in [0.15, 0.2) is 18.2 Å². The van der Waals surface area contributed by atoms with Crippen molar-refractivity contribution in [3.63, 3.8) is 0 Å². The predicted octanol–water partition coefficient (Wildman–Crippen LogP) is 3.15. The molecule has 0 bridgehead atoms. The predicted molar refractivity (Wildman–Crippen MR) is 82.2 cm³/mol. The highest BCUT2D eigenvalue weighted by Gasteiger charge is 2.31. The smallest absolute Gasteiger partial charge is 0.120 e. The molecule has 0 amide bonds. The number of nitrogens with one attached hydrogen (secondary N) is 1. The normalized spacial score (nSPS) is 23.2. The lowest BCUT2D eigenvalue weighted by molar-refractivity contribution is 0.206. The fraction of sp³-hybridized carbons (Fsp3) is 0.625. The van der Waals surface area contributed by atoms with E-state index in [2.05, 4.69) is 10.2 Å². The highest BCUT2D eigenvalue weighted by Crippen LogP contribution is 2.31. The summed E-state index contributed by atoms with van der Waals surface area (Å²) in [5.74, 6) is 0.358. The van der Waals surface area contributed by atoms with Crippen molar-refractivity contribution < 1.29 is 5.11 Å². The highest BCUT2D eigenvalue weighted by atomic mass is 35.5. The largest absolute Gasteiger partial charge is 0.508 e. The Morgan fingerprint density at radius 2 is 2.10 bits per heavy atom. The summed E-state index contributed by atoms with van der Waals surface area (Å²) < 4.78 is 0. The molecular formula is C16H23ClN2O. The van der Waals surface area contributed by atoms with Crippen LogP contribution in [-0.4, -0.2) is 35.2 Å². The molecule has 1 atom stereocenters. The molecule has 0 radical (unpaired) electrons. The van der Waals surface area contributed by atoms with E-state index in [0.717, 1.165) is 25.2 Å². The molecule has 1 saturated heterocycles. The second-order valence-corrected chi connectivity index (χ2v) is 6.52. The third kappa shape index (κ3) is 3.66. The number of aromatic hydroxyl groups is 1. The van der Waals surface area contributed by atoms with E-state index in [4.69, 9.17) is 11.6 Å². The lowest BCUT2D eigenvalue weighted by Gasteiger charge is -2.31. The minimum Gasteiger partial charge on any atom is -0.508 e. The maximum atomic E-state index is 9.99. The standard InChI is InChI=1S/C16H23ClN2O/c17-13-4-7-16(20)12(9-13)10-19(15-5-6-15)11-14-3-1-2-8-18-14/h4,7,9,14-15,18,20H,1-3,5-6,8,10-11H2. The molecular weight excluding hydrogens is 272 g/mol. The molecule has 1 unspecified atom stereocenters. The Hall–Kier alpha value is -0.770. The minimum atomic E-state index is 0.358. The Morgan fingerprint density at radius 3 is 2.80 bits per heavy atom. The first kappa shape index (κ1) is 14.2. The lowest BCUT2D eigenvalue weighted by Crippen LogP contribution is -2.44. The zero-order valence-electron chi connectivity index (χ0n) is 11.8. The van der Waals surface area contributed by atoms with E-state index in [1.165, 1.54) is 32.1 Å². The van der Waals surface area contributed by atoms with Gasteiger partial charge in [0, 0.05) is 35.8 Å². The van der Waals surface area contributed by atoms with Crippen molar-refractivity contribution in [1.29, 1.82) is 0 Å². The topological polar surface area (TPSA) is 35.5 Å². The number of hydrogen-bond donors (Lipinski definition) is 2. The van der Waals surface area contributed by atoms with E-state index in [1.54, 1.807) is 12.1 Å². The van der Waals surface area contributed by atoms with Crippen molar-refractivity contribution in [2.45, 2.75) is 50.7 Å². The third-order valence-electron chi connectivity index (χ3n) is 4.35. The third-order valence-corrected chi connectivity index (χ3v) is 4.58. The second kappa shape index (κ2) is 6.33. The first-order chi connectivity index (χ1) is 9.72. The summed E-state index contributed by atoms with van der Waals surface area (Å²) in [6, 6.07) is 6.62. The number of phenols is 1. The van der Waals surface area contributed by atoms with Gasteiger partial charge in [0.15, 0.2) is 0 Å². The van der Waals surface area contributed by atoms with Gasteiger partial charge in [-0.3, -0.25) is 4.90 Å². The van der Waals surface area contributed by atoms with Crippen LogP contribution in [-0.2, 0) is 6.54 Å². The molecule has 20 heavy (non-hydrogen) atoms. The molecule has 2 N–H and O–H groups in total. The van der Waals surface area contributed by atoms with Crippen LogP contribution < -0.4 is 5.32 Å². The monoisotopic (exact) mass is 294 g/mol. The maximum absolute atomic E-state index is 9.99. The zero-order chi connectivity index (χ0) is 13.9.